The first-order valence-corrected chi connectivity index (χ1v) is 5.95. The SMILES string of the molecule is [C-]#[N+]c1c(C#N)c2nc(-c3ccccc3)[nH]n2c1[Si]. The number of nitriles is 1. The van der Waals surface area contributed by atoms with E-state index in [1.807, 2.05) is 36.4 Å². The van der Waals surface area contributed by atoms with Gasteiger partial charge in [-0.2, -0.15) is 5.26 Å². The molecule has 0 amide bonds. The summed E-state index contributed by atoms with van der Waals surface area (Å²) in [4.78, 5) is 7.74. The zero-order valence-electron chi connectivity index (χ0n) is 9.68. The lowest BCUT2D eigenvalue weighted by atomic mass is 10.2. The molecule has 0 aliphatic heterocycles. The van der Waals surface area contributed by atoms with Gasteiger partial charge in [-0.15, -0.1) is 0 Å². The summed E-state index contributed by atoms with van der Waals surface area (Å²) in [5.41, 5.74) is 1.93. The number of fused-ring (bicyclic) bond motifs is 1. The largest absolute Gasteiger partial charge is 0.277 e. The monoisotopic (exact) mass is 260 g/mol. The molecule has 6 heteroatoms. The van der Waals surface area contributed by atoms with Crippen molar-refractivity contribution >= 4 is 26.9 Å². The van der Waals surface area contributed by atoms with E-state index in [1.54, 1.807) is 4.52 Å². The number of benzene rings is 1. The second-order valence-electron chi connectivity index (χ2n) is 3.89. The number of H-pyrrole nitrogens is 1. The maximum Gasteiger partial charge on any atom is 0.224 e. The van der Waals surface area contributed by atoms with Gasteiger partial charge in [-0.1, -0.05) is 30.3 Å². The minimum absolute atomic E-state index is 0.275. The van der Waals surface area contributed by atoms with E-state index in [0.717, 1.165) is 5.56 Å². The van der Waals surface area contributed by atoms with Crippen LogP contribution in [0.25, 0.3) is 21.9 Å². The molecule has 0 aliphatic carbocycles. The first kappa shape index (κ1) is 11.3. The van der Waals surface area contributed by atoms with Crippen LogP contribution in [-0.4, -0.2) is 24.8 Å². The molecule has 3 rings (SSSR count). The molecule has 5 nitrogen and oxygen atoms in total. The summed E-state index contributed by atoms with van der Waals surface area (Å²) >= 11 is 0. The zero-order chi connectivity index (χ0) is 13.4. The fourth-order valence-corrected chi connectivity index (χ4v) is 2.28. The van der Waals surface area contributed by atoms with Crippen molar-refractivity contribution in [3.8, 4) is 17.5 Å². The summed E-state index contributed by atoms with van der Waals surface area (Å²) in [5, 5.41) is 12.7. The summed E-state index contributed by atoms with van der Waals surface area (Å²) in [6, 6.07) is 11.6. The molecule has 0 spiro atoms. The van der Waals surface area contributed by atoms with E-state index < -0.39 is 0 Å². The fraction of sp³-hybridized carbons (Fsp3) is 0. The van der Waals surface area contributed by atoms with Crippen molar-refractivity contribution in [2.24, 2.45) is 0 Å². The number of rotatable bonds is 1. The first-order chi connectivity index (χ1) is 9.26. The van der Waals surface area contributed by atoms with Crippen LogP contribution >= 0.6 is 0 Å². The molecule has 2 heterocycles. The van der Waals surface area contributed by atoms with Gasteiger partial charge in [0.2, 0.25) is 5.69 Å². The highest BCUT2D eigenvalue weighted by Crippen LogP contribution is 2.24. The van der Waals surface area contributed by atoms with Crippen molar-refractivity contribution in [3.05, 3.63) is 47.3 Å². The van der Waals surface area contributed by atoms with Crippen LogP contribution in [0.3, 0.4) is 0 Å². The Balaban J connectivity index is 2.30. The molecule has 0 fully saturated rings. The van der Waals surface area contributed by atoms with Crippen LogP contribution in [0, 0.1) is 17.9 Å². The van der Waals surface area contributed by atoms with E-state index in [0.29, 0.717) is 16.8 Å². The molecule has 0 saturated carbocycles. The first-order valence-electron chi connectivity index (χ1n) is 5.45. The highest BCUT2D eigenvalue weighted by molar-refractivity contribution is 6.35. The average molecular weight is 260 g/mol. The summed E-state index contributed by atoms with van der Waals surface area (Å²) in [7, 11) is 3.37. The Hall–Kier alpha value is -2.83. The third-order valence-corrected chi connectivity index (χ3v) is 3.29. The van der Waals surface area contributed by atoms with Crippen molar-refractivity contribution in [2.45, 2.75) is 0 Å². The number of nitrogens with one attached hydrogen (secondary N) is 1. The van der Waals surface area contributed by atoms with Crippen LogP contribution in [0.4, 0.5) is 5.69 Å². The molecule has 19 heavy (non-hydrogen) atoms. The van der Waals surface area contributed by atoms with Gasteiger partial charge in [-0.05, 0) is 0 Å². The normalized spacial score (nSPS) is 10.3. The van der Waals surface area contributed by atoms with Crippen LogP contribution in [0.2, 0.25) is 0 Å². The van der Waals surface area contributed by atoms with Gasteiger partial charge in [0, 0.05) is 10.9 Å². The van der Waals surface area contributed by atoms with Gasteiger partial charge >= 0.3 is 0 Å². The van der Waals surface area contributed by atoms with Crippen LogP contribution in [0.1, 0.15) is 5.56 Å². The van der Waals surface area contributed by atoms with E-state index in [9.17, 15) is 0 Å². The third-order valence-electron chi connectivity index (χ3n) is 2.83. The predicted molar refractivity (Wildman–Crippen MR) is 71.3 cm³/mol. The highest BCUT2D eigenvalue weighted by Gasteiger charge is 2.19. The summed E-state index contributed by atoms with van der Waals surface area (Å²) in [6.07, 6.45) is 0. The summed E-state index contributed by atoms with van der Waals surface area (Å²) < 4.78 is 1.60. The molecule has 0 aliphatic rings. The lowest BCUT2D eigenvalue weighted by Gasteiger charge is -1.95. The molecule has 1 N–H and O–H groups in total. The van der Waals surface area contributed by atoms with E-state index in [4.69, 9.17) is 11.8 Å². The molecule has 0 atom stereocenters. The van der Waals surface area contributed by atoms with Gasteiger partial charge in [0.15, 0.2) is 11.5 Å². The molecule has 2 aromatic heterocycles. The van der Waals surface area contributed by atoms with E-state index >= 15 is 0 Å². The van der Waals surface area contributed by atoms with Crippen molar-refractivity contribution in [1.82, 2.24) is 14.6 Å². The molecule has 1 aromatic carbocycles. The number of aromatic amines is 1. The number of hydrogen-bond donors (Lipinski definition) is 1. The molecule has 0 saturated heterocycles. The Kier molecular flexibility index (Phi) is 2.45. The second kappa shape index (κ2) is 4.12. The number of aromatic nitrogens is 3. The Morgan fingerprint density at radius 1 is 1.37 bits per heavy atom. The summed E-state index contributed by atoms with van der Waals surface area (Å²) in [5.74, 6) is 0.656. The molecule has 3 radical (unpaired) electrons. The predicted octanol–water partition coefficient (Wildman–Crippen LogP) is 1.55. The van der Waals surface area contributed by atoms with E-state index in [1.165, 1.54) is 0 Å². The number of nitrogens with zero attached hydrogens (tertiary/aromatic N) is 4. The minimum atomic E-state index is 0.275. The van der Waals surface area contributed by atoms with Crippen molar-refractivity contribution in [1.29, 1.82) is 5.26 Å². The Labute approximate surface area is 112 Å². The molecule has 3 aromatic rings. The van der Waals surface area contributed by atoms with Crippen molar-refractivity contribution in [3.63, 3.8) is 0 Å². The smallest absolute Gasteiger partial charge is 0.224 e. The fourth-order valence-electron chi connectivity index (χ4n) is 1.94. The highest BCUT2D eigenvalue weighted by atomic mass is 28.1. The second-order valence-corrected chi connectivity index (χ2v) is 4.37. The van der Waals surface area contributed by atoms with E-state index in [-0.39, 0.29) is 11.3 Å². The maximum atomic E-state index is 9.16. The van der Waals surface area contributed by atoms with Crippen LogP contribution in [0.15, 0.2) is 30.3 Å². The average Bonchev–Trinajstić information content (AvgIpc) is 2.98. The Bertz CT molecular complexity index is 845. The van der Waals surface area contributed by atoms with Crippen LogP contribution < -0.4 is 5.32 Å². The molecule has 0 bridgehead atoms. The summed E-state index contributed by atoms with van der Waals surface area (Å²) in [6.45, 7) is 7.11. The third kappa shape index (κ3) is 1.55. The molecular weight excluding hydrogens is 254 g/mol. The molecular formula is C13H6N5Si. The van der Waals surface area contributed by atoms with Gasteiger partial charge in [0.05, 0.1) is 22.9 Å². The Morgan fingerprint density at radius 2 is 2.11 bits per heavy atom. The van der Waals surface area contributed by atoms with Gasteiger partial charge in [0.25, 0.3) is 0 Å². The van der Waals surface area contributed by atoms with Gasteiger partial charge < -0.3 is 0 Å². The standard InChI is InChI=1S/C13H6N5Si/c1-15-10-9(7-14)12-16-11(17-18(12)13(10)19)8-5-3-2-4-6-8/h2-6H,(H,16,17). The van der Waals surface area contributed by atoms with Crippen LogP contribution in [-0.2, 0) is 0 Å². The van der Waals surface area contributed by atoms with Gasteiger partial charge in [0.1, 0.15) is 5.56 Å². The zero-order valence-corrected chi connectivity index (χ0v) is 10.7. The van der Waals surface area contributed by atoms with Crippen molar-refractivity contribution < 1.29 is 0 Å². The van der Waals surface area contributed by atoms with Crippen molar-refractivity contribution in [2.75, 3.05) is 0 Å². The van der Waals surface area contributed by atoms with Crippen LogP contribution in [0.5, 0.6) is 0 Å². The quantitative estimate of drug-likeness (QED) is 0.533. The minimum Gasteiger partial charge on any atom is -0.277 e. The lowest BCUT2D eigenvalue weighted by Crippen LogP contribution is -2.10. The topological polar surface area (TPSA) is 61.2 Å². The molecule has 87 valence electrons. The molecule has 0 unspecified atom stereocenters. The maximum absolute atomic E-state index is 9.16. The lowest BCUT2D eigenvalue weighted by molar-refractivity contribution is 1.01. The van der Waals surface area contributed by atoms with Gasteiger partial charge in [-0.25, -0.2) is 9.83 Å². The Morgan fingerprint density at radius 3 is 2.74 bits per heavy atom. The van der Waals surface area contributed by atoms with E-state index in [2.05, 4.69) is 25.2 Å². The number of hydrogen-bond acceptors (Lipinski definition) is 2. The van der Waals surface area contributed by atoms with Gasteiger partial charge in [-0.3, -0.25) is 9.61 Å².